The number of azo groups is 1. The molecule has 16 heavy (non-hydrogen) atoms. The first-order valence-corrected chi connectivity index (χ1v) is 4.19. The van der Waals surface area contributed by atoms with Crippen LogP contribution in [-0.2, 0) is 6.18 Å². The van der Waals surface area contributed by atoms with Crippen molar-refractivity contribution in [1.82, 2.24) is 0 Å². The molecular weight excluding hydrogens is 223 g/mol. The molecule has 1 aromatic carbocycles. The maximum atomic E-state index is 12.2. The van der Waals surface area contributed by atoms with Crippen LogP contribution >= 0.6 is 0 Å². The number of nitrogens with zero attached hydrogens (tertiary/aromatic N) is 3. The summed E-state index contributed by atoms with van der Waals surface area (Å²) in [5, 5.41) is 6.55. The first-order valence-electron chi connectivity index (χ1n) is 4.19. The van der Waals surface area contributed by atoms with E-state index in [0.29, 0.717) is 5.56 Å². The number of amidine groups is 1. The molecule has 7 heteroatoms. The molecule has 1 aliphatic heterocycles. The number of hydrogen-bond donors (Lipinski definition) is 0. The zero-order valence-electron chi connectivity index (χ0n) is 7.69. The predicted octanol–water partition coefficient (Wildman–Crippen LogP) is 3.04. The third kappa shape index (κ3) is 1.97. The Balaban J connectivity index is 2.31. The molecule has 1 aromatic rings. The summed E-state index contributed by atoms with van der Waals surface area (Å²) in [7, 11) is 0. The Morgan fingerprint density at radius 3 is 2.06 bits per heavy atom. The second-order valence-corrected chi connectivity index (χ2v) is 2.99. The number of aliphatic imine (C=N–C) groups is 1. The van der Waals surface area contributed by atoms with Gasteiger partial charge in [-0.25, -0.2) is 4.79 Å². The molecule has 2 amide bonds. The van der Waals surface area contributed by atoms with Crippen molar-refractivity contribution in [3.63, 3.8) is 0 Å². The van der Waals surface area contributed by atoms with E-state index in [1.54, 1.807) is 0 Å². The van der Waals surface area contributed by atoms with Gasteiger partial charge in [-0.1, -0.05) is 17.2 Å². The van der Waals surface area contributed by atoms with Crippen molar-refractivity contribution >= 4 is 11.9 Å². The van der Waals surface area contributed by atoms with Crippen LogP contribution in [0.5, 0.6) is 0 Å². The van der Waals surface area contributed by atoms with E-state index in [1.807, 2.05) is 0 Å². The van der Waals surface area contributed by atoms with Crippen LogP contribution in [-0.4, -0.2) is 11.9 Å². The highest BCUT2D eigenvalue weighted by molar-refractivity contribution is 6.08. The Kier molecular flexibility index (Phi) is 2.30. The average molecular weight is 227 g/mol. The van der Waals surface area contributed by atoms with Crippen molar-refractivity contribution in [3.05, 3.63) is 35.4 Å². The largest absolute Gasteiger partial charge is 0.416 e. The molecule has 1 aliphatic rings. The molecule has 0 aromatic heterocycles. The van der Waals surface area contributed by atoms with Gasteiger partial charge in [-0.3, -0.25) is 0 Å². The lowest BCUT2D eigenvalue weighted by Gasteiger charge is -2.06. The minimum Gasteiger partial charge on any atom is -0.242 e. The van der Waals surface area contributed by atoms with Gasteiger partial charge in [0.05, 0.1) is 5.56 Å². The van der Waals surface area contributed by atoms with Crippen LogP contribution in [0, 0.1) is 0 Å². The lowest BCUT2D eigenvalue weighted by Crippen LogP contribution is -2.05. The Hall–Kier alpha value is -2.05. The third-order valence-corrected chi connectivity index (χ3v) is 1.90. The van der Waals surface area contributed by atoms with E-state index in [9.17, 15) is 18.0 Å². The molecule has 4 nitrogen and oxygen atoms in total. The van der Waals surface area contributed by atoms with Crippen molar-refractivity contribution in [3.8, 4) is 0 Å². The van der Waals surface area contributed by atoms with Gasteiger partial charge in [0.25, 0.3) is 0 Å². The number of carbonyl (C=O) groups is 1. The van der Waals surface area contributed by atoms with Crippen molar-refractivity contribution in [2.24, 2.45) is 15.2 Å². The highest BCUT2D eigenvalue weighted by Crippen LogP contribution is 2.29. The van der Waals surface area contributed by atoms with E-state index >= 15 is 0 Å². The SMILES string of the molecule is O=C1N=NC(c2ccc(C(F)(F)F)cc2)=N1. The lowest BCUT2D eigenvalue weighted by atomic mass is 10.1. The molecule has 0 unspecified atom stereocenters. The third-order valence-electron chi connectivity index (χ3n) is 1.90. The zero-order valence-corrected chi connectivity index (χ0v) is 7.69. The fourth-order valence-electron chi connectivity index (χ4n) is 1.16. The van der Waals surface area contributed by atoms with E-state index < -0.39 is 17.8 Å². The smallest absolute Gasteiger partial charge is 0.242 e. The first kappa shape index (κ1) is 10.5. The van der Waals surface area contributed by atoms with Crippen molar-refractivity contribution in [2.75, 3.05) is 0 Å². The highest BCUT2D eigenvalue weighted by Gasteiger charge is 2.30. The lowest BCUT2D eigenvalue weighted by molar-refractivity contribution is -0.137. The summed E-state index contributed by atoms with van der Waals surface area (Å²) in [5.74, 6) is 0.0266. The molecule has 0 fully saturated rings. The normalized spacial score (nSPS) is 15.4. The van der Waals surface area contributed by atoms with Gasteiger partial charge in [0.15, 0.2) is 5.84 Å². The van der Waals surface area contributed by atoms with Gasteiger partial charge in [-0.15, -0.1) is 5.11 Å². The van der Waals surface area contributed by atoms with Crippen molar-refractivity contribution in [1.29, 1.82) is 0 Å². The van der Waals surface area contributed by atoms with Crippen LogP contribution in [0.25, 0.3) is 0 Å². The highest BCUT2D eigenvalue weighted by atomic mass is 19.4. The molecule has 82 valence electrons. The van der Waals surface area contributed by atoms with Crippen LogP contribution in [0.1, 0.15) is 11.1 Å². The number of rotatable bonds is 1. The van der Waals surface area contributed by atoms with Crippen LogP contribution < -0.4 is 0 Å². The number of alkyl halides is 3. The fourth-order valence-corrected chi connectivity index (χ4v) is 1.16. The number of amides is 2. The molecular formula is C9H4F3N3O. The Bertz CT molecular complexity index is 488. The molecule has 0 atom stereocenters. The summed E-state index contributed by atoms with van der Waals surface area (Å²) in [6.45, 7) is 0. The van der Waals surface area contributed by atoms with Crippen molar-refractivity contribution in [2.45, 2.75) is 6.18 Å². The molecule has 1 heterocycles. The summed E-state index contributed by atoms with van der Waals surface area (Å²) >= 11 is 0. The zero-order chi connectivity index (χ0) is 11.8. The second-order valence-electron chi connectivity index (χ2n) is 2.99. The minimum absolute atomic E-state index is 0.0266. The molecule has 0 bridgehead atoms. The van der Waals surface area contributed by atoms with Gasteiger partial charge >= 0.3 is 12.2 Å². The van der Waals surface area contributed by atoms with E-state index in [4.69, 9.17) is 0 Å². The van der Waals surface area contributed by atoms with E-state index in [2.05, 4.69) is 15.2 Å². The van der Waals surface area contributed by atoms with Crippen LogP contribution in [0.4, 0.5) is 18.0 Å². The van der Waals surface area contributed by atoms with Crippen LogP contribution in [0.2, 0.25) is 0 Å². The topological polar surface area (TPSA) is 54.1 Å². The average Bonchev–Trinajstić information content (AvgIpc) is 2.64. The van der Waals surface area contributed by atoms with Crippen molar-refractivity contribution < 1.29 is 18.0 Å². The quantitative estimate of drug-likeness (QED) is 0.727. The number of hydrogen-bond acceptors (Lipinski definition) is 2. The molecule has 2 rings (SSSR count). The maximum Gasteiger partial charge on any atom is 0.416 e. The van der Waals surface area contributed by atoms with Gasteiger partial charge in [0, 0.05) is 5.56 Å². The van der Waals surface area contributed by atoms with Gasteiger partial charge in [0.2, 0.25) is 0 Å². The van der Waals surface area contributed by atoms with E-state index in [-0.39, 0.29) is 5.84 Å². The summed E-state index contributed by atoms with van der Waals surface area (Å²) in [5.41, 5.74) is -0.444. The summed E-state index contributed by atoms with van der Waals surface area (Å²) in [6, 6.07) is 3.43. The summed E-state index contributed by atoms with van der Waals surface area (Å²) in [4.78, 5) is 14.0. The molecule has 0 radical (unpaired) electrons. The first-order chi connectivity index (χ1) is 7.47. The van der Waals surface area contributed by atoms with E-state index in [1.165, 1.54) is 12.1 Å². The van der Waals surface area contributed by atoms with Gasteiger partial charge < -0.3 is 0 Å². The molecule has 0 saturated carbocycles. The van der Waals surface area contributed by atoms with Gasteiger partial charge in [0.1, 0.15) is 0 Å². The standard InChI is InChI=1S/C9H4F3N3O/c10-9(11,12)6-3-1-5(2-4-6)7-13-8(16)15-14-7/h1-4H. The number of benzene rings is 1. The second kappa shape index (κ2) is 3.51. The van der Waals surface area contributed by atoms with Gasteiger partial charge in [-0.2, -0.15) is 18.2 Å². The molecule has 0 N–H and O–H groups in total. The Morgan fingerprint density at radius 1 is 1.00 bits per heavy atom. The fraction of sp³-hybridized carbons (Fsp3) is 0.111. The van der Waals surface area contributed by atoms with E-state index in [0.717, 1.165) is 12.1 Å². The van der Waals surface area contributed by atoms with Crippen LogP contribution in [0.15, 0.2) is 39.5 Å². The summed E-state index contributed by atoms with van der Waals surface area (Å²) in [6.07, 6.45) is -4.38. The number of carbonyl (C=O) groups excluding carboxylic acids is 1. The minimum atomic E-state index is -4.38. The number of urea groups is 1. The Labute approximate surface area is 87.5 Å². The summed E-state index contributed by atoms with van der Waals surface area (Å²) < 4.78 is 36.7. The monoisotopic (exact) mass is 227 g/mol. The molecule has 0 aliphatic carbocycles. The molecule has 0 saturated heterocycles. The maximum absolute atomic E-state index is 12.2. The van der Waals surface area contributed by atoms with Crippen LogP contribution in [0.3, 0.4) is 0 Å². The Morgan fingerprint density at radius 2 is 1.62 bits per heavy atom. The number of halogens is 3. The van der Waals surface area contributed by atoms with Gasteiger partial charge in [-0.05, 0) is 12.1 Å². The predicted molar refractivity (Wildman–Crippen MR) is 48.2 cm³/mol. The molecule has 0 spiro atoms.